The highest BCUT2D eigenvalue weighted by atomic mass is 16.6. The van der Waals surface area contributed by atoms with Crippen molar-refractivity contribution < 1.29 is 14.2 Å². The summed E-state index contributed by atoms with van der Waals surface area (Å²) in [6.45, 7) is 0.447. The van der Waals surface area contributed by atoms with Crippen LogP contribution in [0.5, 0.6) is 0 Å². The first-order valence-electron chi connectivity index (χ1n) is 6.32. The lowest BCUT2D eigenvalue weighted by molar-refractivity contribution is -0.0626. The van der Waals surface area contributed by atoms with Crippen molar-refractivity contribution in [2.75, 3.05) is 20.8 Å². The normalized spacial score (nSPS) is 26.4. The maximum atomic E-state index is 11.7. The van der Waals surface area contributed by atoms with Gasteiger partial charge in [-0.1, -0.05) is 0 Å². The van der Waals surface area contributed by atoms with Gasteiger partial charge in [-0.15, -0.1) is 0 Å². The maximum absolute atomic E-state index is 11.7. The number of methoxy groups -OCH3 is 2. The number of aromatic nitrogens is 4. The SMILES string of the molecule is COCC1OC(n2ncc3c(=O)[nH]cnc32)CC1OC. The Morgan fingerprint density at radius 1 is 1.55 bits per heavy atom. The number of hydrogen-bond donors (Lipinski definition) is 1. The molecule has 0 radical (unpaired) electrons. The Morgan fingerprint density at radius 2 is 2.40 bits per heavy atom. The molecule has 0 spiro atoms. The van der Waals surface area contributed by atoms with Gasteiger partial charge < -0.3 is 19.2 Å². The Morgan fingerprint density at radius 3 is 3.15 bits per heavy atom. The van der Waals surface area contributed by atoms with Gasteiger partial charge in [0, 0.05) is 20.6 Å². The molecule has 3 heterocycles. The van der Waals surface area contributed by atoms with Crippen LogP contribution in [0.25, 0.3) is 11.0 Å². The Labute approximate surface area is 114 Å². The van der Waals surface area contributed by atoms with E-state index in [9.17, 15) is 4.79 Å². The average Bonchev–Trinajstić information content (AvgIpc) is 3.03. The molecule has 108 valence electrons. The molecule has 2 aromatic heterocycles. The van der Waals surface area contributed by atoms with Crippen molar-refractivity contribution in [1.29, 1.82) is 0 Å². The fourth-order valence-electron chi connectivity index (χ4n) is 2.50. The van der Waals surface area contributed by atoms with Crippen LogP contribution in [0.1, 0.15) is 12.6 Å². The van der Waals surface area contributed by atoms with Crippen molar-refractivity contribution in [3.63, 3.8) is 0 Å². The largest absolute Gasteiger partial charge is 0.382 e. The number of H-pyrrole nitrogens is 1. The first-order chi connectivity index (χ1) is 9.74. The third kappa shape index (κ3) is 2.11. The molecule has 3 unspecified atom stereocenters. The number of aromatic amines is 1. The molecule has 0 bridgehead atoms. The molecule has 1 aliphatic heterocycles. The summed E-state index contributed by atoms with van der Waals surface area (Å²) in [5.74, 6) is 0. The Bertz CT molecular complexity index is 652. The minimum absolute atomic E-state index is 0.0683. The summed E-state index contributed by atoms with van der Waals surface area (Å²) in [5, 5.41) is 4.66. The molecule has 1 N–H and O–H groups in total. The van der Waals surface area contributed by atoms with Crippen molar-refractivity contribution in [2.45, 2.75) is 24.9 Å². The van der Waals surface area contributed by atoms with Gasteiger partial charge in [-0.25, -0.2) is 9.67 Å². The van der Waals surface area contributed by atoms with Crippen LogP contribution < -0.4 is 5.56 Å². The second kappa shape index (κ2) is 5.31. The van der Waals surface area contributed by atoms with Crippen LogP contribution in [-0.2, 0) is 14.2 Å². The predicted molar refractivity (Wildman–Crippen MR) is 69.3 cm³/mol. The Balaban J connectivity index is 1.92. The van der Waals surface area contributed by atoms with E-state index in [2.05, 4.69) is 15.1 Å². The predicted octanol–water partition coefficient (Wildman–Crippen LogP) is 0.0685. The highest BCUT2D eigenvalue weighted by Crippen LogP contribution is 2.31. The van der Waals surface area contributed by atoms with Crippen molar-refractivity contribution >= 4 is 11.0 Å². The molecule has 20 heavy (non-hydrogen) atoms. The molecule has 0 aliphatic carbocycles. The smallest absolute Gasteiger partial charge is 0.261 e. The van der Waals surface area contributed by atoms with Crippen molar-refractivity contribution in [3.8, 4) is 0 Å². The minimum Gasteiger partial charge on any atom is -0.382 e. The van der Waals surface area contributed by atoms with Gasteiger partial charge in [0.1, 0.15) is 11.5 Å². The van der Waals surface area contributed by atoms with Crippen LogP contribution in [0.3, 0.4) is 0 Å². The van der Waals surface area contributed by atoms with Crippen LogP contribution in [-0.4, -0.2) is 52.8 Å². The van der Waals surface area contributed by atoms with Gasteiger partial charge in [-0.2, -0.15) is 5.10 Å². The second-order valence-corrected chi connectivity index (χ2v) is 4.65. The van der Waals surface area contributed by atoms with Crippen LogP contribution >= 0.6 is 0 Å². The number of hydrogen-bond acceptors (Lipinski definition) is 6. The molecule has 1 aliphatic rings. The summed E-state index contributed by atoms with van der Waals surface area (Å²) in [6.07, 6.45) is 2.95. The molecule has 3 rings (SSSR count). The number of nitrogens with zero attached hydrogens (tertiary/aromatic N) is 3. The van der Waals surface area contributed by atoms with Gasteiger partial charge in [0.05, 0.1) is 25.2 Å². The highest BCUT2D eigenvalue weighted by molar-refractivity contribution is 5.72. The third-order valence-corrected chi connectivity index (χ3v) is 3.48. The van der Waals surface area contributed by atoms with Crippen LogP contribution in [0.15, 0.2) is 17.3 Å². The molecule has 0 amide bonds. The lowest BCUT2D eigenvalue weighted by Crippen LogP contribution is -2.27. The van der Waals surface area contributed by atoms with Gasteiger partial charge in [0.2, 0.25) is 0 Å². The molecule has 8 nitrogen and oxygen atoms in total. The monoisotopic (exact) mass is 280 g/mol. The number of nitrogens with one attached hydrogen (secondary N) is 1. The topological polar surface area (TPSA) is 91.3 Å². The summed E-state index contributed by atoms with van der Waals surface area (Å²) < 4.78 is 18.0. The van der Waals surface area contributed by atoms with Crippen LogP contribution in [0.4, 0.5) is 0 Å². The molecule has 8 heteroatoms. The molecule has 0 aromatic carbocycles. The fraction of sp³-hybridized carbons (Fsp3) is 0.583. The van der Waals surface area contributed by atoms with Gasteiger partial charge in [0.25, 0.3) is 5.56 Å². The first-order valence-corrected chi connectivity index (χ1v) is 6.32. The van der Waals surface area contributed by atoms with E-state index < -0.39 is 0 Å². The van der Waals surface area contributed by atoms with Gasteiger partial charge >= 0.3 is 0 Å². The maximum Gasteiger partial charge on any atom is 0.261 e. The van der Waals surface area contributed by atoms with E-state index in [1.165, 1.54) is 12.5 Å². The molecular formula is C12H16N4O4. The third-order valence-electron chi connectivity index (χ3n) is 3.48. The van der Waals surface area contributed by atoms with E-state index >= 15 is 0 Å². The highest BCUT2D eigenvalue weighted by Gasteiger charge is 2.37. The average molecular weight is 280 g/mol. The fourth-order valence-corrected chi connectivity index (χ4v) is 2.50. The van der Waals surface area contributed by atoms with Crippen LogP contribution in [0, 0.1) is 0 Å². The summed E-state index contributed by atoms with van der Waals surface area (Å²) in [7, 11) is 3.26. The molecule has 1 fully saturated rings. The van der Waals surface area contributed by atoms with Crippen molar-refractivity contribution in [2.24, 2.45) is 0 Å². The first kappa shape index (κ1) is 13.2. The van der Waals surface area contributed by atoms with Crippen molar-refractivity contribution in [3.05, 3.63) is 22.9 Å². The van der Waals surface area contributed by atoms with Crippen molar-refractivity contribution in [1.82, 2.24) is 19.7 Å². The lowest BCUT2D eigenvalue weighted by Gasteiger charge is -2.15. The number of ether oxygens (including phenoxy) is 3. The molecule has 1 saturated heterocycles. The van der Waals surface area contributed by atoms with E-state index in [4.69, 9.17) is 14.2 Å². The molecular weight excluding hydrogens is 264 g/mol. The Hall–Kier alpha value is -1.77. The van der Waals surface area contributed by atoms with Gasteiger partial charge in [-0.05, 0) is 0 Å². The van der Waals surface area contributed by atoms with E-state index in [1.54, 1.807) is 18.9 Å². The number of rotatable bonds is 4. The Kier molecular flexibility index (Phi) is 3.51. The van der Waals surface area contributed by atoms with E-state index in [0.717, 1.165) is 0 Å². The van der Waals surface area contributed by atoms with Gasteiger partial charge in [-0.3, -0.25) is 4.79 Å². The minimum atomic E-state index is -0.313. The lowest BCUT2D eigenvalue weighted by atomic mass is 10.2. The van der Waals surface area contributed by atoms with Crippen LogP contribution in [0.2, 0.25) is 0 Å². The van der Waals surface area contributed by atoms with E-state index in [-0.39, 0.29) is 24.0 Å². The zero-order valence-electron chi connectivity index (χ0n) is 11.3. The zero-order chi connectivity index (χ0) is 14.1. The van der Waals surface area contributed by atoms with Gasteiger partial charge in [0.15, 0.2) is 11.9 Å². The molecule has 3 atom stereocenters. The number of fused-ring (bicyclic) bond motifs is 1. The summed E-state index contributed by atoms with van der Waals surface area (Å²) in [6, 6.07) is 0. The summed E-state index contributed by atoms with van der Waals surface area (Å²) in [5.41, 5.74) is 0.294. The quantitative estimate of drug-likeness (QED) is 0.852. The van der Waals surface area contributed by atoms with E-state index in [0.29, 0.717) is 24.1 Å². The summed E-state index contributed by atoms with van der Waals surface area (Å²) >= 11 is 0. The molecule has 0 saturated carbocycles. The standard InChI is InChI=1S/C12H16N4O4/c1-18-5-9-8(19-2)3-10(20-9)16-11-7(4-15-16)12(17)14-6-13-11/h4,6,8-10H,3,5H2,1-2H3,(H,13,14,17). The summed E-state index contributed by atoms with van der Waals surface area (Å²) in [4.78, 5) is 18.3. The second-order valence-electron chi connectivity index (χ2n) is 4.65. The van der Waals surface area contributed by atoms with E-state index in [1.807, 2.05) is 0 Å². The molecule has 2 aromatic rings. The zero-order valence-corrected chi connectivity index (χ0v) is 11.3.